The zero-order chi connectivity index (χ0) is 40.3. The fourth-order valence-corrected chi connectivity index (χ4v) is 10.3. The zero-order valence-electron chi connectivity index (χ0n) is 33.5. The number of para-hydroxylation sites is 3. The Morgan fingerprint density at radius 2 is 0.934 bits per heavy atom. The van der Waals surface area contributed by atoms with Crippen LogP contribution in [0.1, 0.15) is 22.3 Å². The number of anilines is 3. The Kier molecular flexibility index (Phi) is 8.11. The highest BCUT2D eigenvalue weighted by Gasteiger charge is 2.47. The Morgan fingerprint density at radius 3 is 1.69 bits per heavy atom. The van der Waals surface area contributed by atoms with E-state index < -0.39 is 5.41 Å². The van der Waals surface area contributed by atoms with Gasteiger partial charge in [-0.15, -0.1) is 0 Å². The number of rotatable bonds is 7. The lowest BCUT2D eigenvalue weighted by Crippen LogP contribution is -2.28. The van der Waals surface area contributed by atoms with E-state index in [9.17, 15) is 0 Å². The van der Waals surface area contributed by atoms with Crippen LogP contribution in [0.25, 0.3) is 60.5 Å². The fraction of sp³-hybridized carbons (Fsp3) is 0.0169. The first-order chi connectivity index (χ1) is 30.3. The van der Waals surface area contributed by atoms with Gasteiger partial charge in [-0.2, -0.15) is 0 Å². The molecule has 286 valence electrons. The second-order valence-corrected chi connectivity index (χ2v) is 16.0. The van der Waals surface area contributed by atoms with Crippen LogP contribution in [0.5, 0.6) is 0 Å². The molecule has 0 unspecified atom stereocenters. The predicted octanol–water partition coefficient (Wildman–Crippen LogP) is 15.4. The molecule has 0 amide bonds. The molecule has 0 saturated carbocycles. The van der Waals surface area contributed by atoms with Gasteiger partial charge in [0.25, 0.3) is 0 Å². The number of nitrogens with zero attached hydrogens (tertiary/aromatic N) is 2. The quantitative estimate of drug-likeness (QED) is 0.156. The van der Waals surface area contributed by atoms with Crippen LogP contribution in [0.2, 0.25) is 0 Å². The Labute approximate surface area is 355 Å². The Morgan fingerprint density at radius 1 is 0.361 bits per heavy atom. The SMILES string of the molecule is c1ccc(-c2ccccc2N(c2ccc3c(c2)C(c2ccccc2)(c2ccccc2)c2ccc4ccccc4c2-3)c2ccc3c4ccccc4n(-c4ccccc4)c3c2)cc1. The van der Waals surface area contributed by atoms with Crippen LogP contribution in [0.3, 0.4) is 0 Å². The van der Waals surface area contributed by atoms with Crippen LogP contribution in [-0.4, -0.2) is 4.57 Å². The third-order valence-corrected chi connectivity index (χ3v) is 12.8. The maximum atomic E-state index is 2.49. The highest BCUT2D eigenvalue weighted by Crippen LogP contribution is 2.59. The third-order valence-electron chi connectivity index (χ3n) is 12.8. The lowest BCUT2D eigenvalue weighted by molar-refractivity contribution is 0.769. The van der Waals surface area contributed by atoms with Crippen molar-refractivity contribution in [2.24, 2.45) is 0 Å². The van der Waals surface area contributed by atoms with Gasteiger partial charge in [0.1, 0.15) is 0 Å². The van der Waals surface area contributed by atoms with Crippen molar-refractivity contribution in [1.82, 2.24) is 4.57 Å². The van der Waals surface area contributed by atoms with Gasteiger partial charge in [-0.1, -0.05) is 194 Å². The molecule has 0 saturated heterocycles. The van der Waals surface area contributed by atoms with E-state index in [2.05, 4.69) is 252 Å². The summed E-state index contributed by atoms with van der Waals surface area (Å²) in [6.45, 7) is 0. The molecule has 12 rings (SSSR count). The smallest absolute Gasteiger partial charge is 0.0714 e. The van der Waals surface area contributed by atoms with E-state index in [0.717, 1.165) is 28.3 Å². The van der Waals surface area contributed by atoms with E-state index in [-0.39, 0.29) is 0 Å². The second-order valence-electron chi connectivity index (χ2n) is 16.0. The first-order valence-electron chi connectivity index (χ1n) is 21.1. The third kappa shape index (κ3) is 5.36. The van der Waals surface area contributed by atoms with E-state index in [0.29, 0.717) is 0 Å². The summed E-state index contributed by atoms with van der Waals surface area (Å²) in [6.07, 6.45) is 0. The van der Waals surface area contributed by atoms with Crippen molar-refractivity contribution in [1.29, 1.82) is 0 Å². The molecular formula is C59H40N2. The van der Waals surface area contributed by atoms with Crippen molar-refractivity contribution < 1.29 is 0 Å². The van der Waals surface area contributed by atoms with E-state index in [4.69, 9.17) is 0 Å². The van der Waals surface area contributed by atoms with Gasteiger partial charge >= 0.3 is 0 Å². The Hall–Kier alpha value is -7.94. The molecular weight excluding hydrogens is 737 g/mol. The highest BCUT2D eigenvalue weighted by atomic mass is 15.1. The van der Waals surface area contributed by atoms with Crippen LogP contribution in [0.15, 0.2) is 243 Å². The number of fused-ring (bicyclic) bond motifs is 8. The molecule has 0 radical (unpaired) electrons. The summed E-state index contributed by atoms with van der Waals surface area (Å²) in [7, 11) is 0. The van der Waals surface area contributed by atoms with E-state index in [1.165, 1.54) is 71.6 Å². The molecule has 1 aliphatic carbocycles. The van der Waals surface area contributed by atoms with Crippen molar-refractivity contribution in [3.8, 4) is 27.9 Å². The maximum absolute atomic E-state index is 2.49. The molecule has 0 bridgehead atoms. The van der Waals surface area contributed by atoms with Gasteiger partial charge in [-0.3, -0.25) is 0 Å². The van der Waals surface area contributed by atoms with Gasteiger partial charge in [-0.05, 0) is 98.2 Å². The van der Waals surface area contributed by atoms with Gasteiger partial charge in [0.05, 0.1) is 22.1 Å². The van der Waals surface area contributed by atoms with Crippen LogP contribution in [0.4, 0.5) is 17.1 Å². The van der Waals surface area contributed by atoms with Crippen LogP contribution < -0.4 is 4.90 Å². The summed E-state index contributed by atoms with van der Waals surface area (Å²) >= 11 is 0. The Balaban J connectivity index is 1.18. The first-order valence-corrected chi connectivity index (χ1v) is 21.1. The van der Waals surface area contributed by atoms with Crippen molar-refractivity contribution in [3.05, 3.63) is 265 Å². The Bertz CT molecular complexity index is 3360. The summed E-state index contributed by atoms with van der Waals surface area (Å²) in [4.78, 5) is 2.48. The normalized spacial score (nSPS) is 12.7. The maximum Gasteiger partial charge on any atom is 0.0714 e. The van der Waals surface area contributed by atoms with E-state index in [1.807, 2.05) is 0 Å². The lowest BCUT2D eigenvalue weighted by Gasteiger charge is -2.35. The number of aromatic nitrogens is 1. The monoisotopic (exact) mass is 776 g/mol. The van der Waals surface area contributed by atoms with Crippen molar-refractivity contribution in [2.45, 2.75) is 5.41 Å². The minimum absolute atomic E-state index is 0.568. The minimum atomic E-state index is -0.568. The predicted molar refractivity (Wildman–Crippen MR) is 256 cm³/mol. The van der Waals surface area contributed by atoms with Gasteiger partial charge < -0.3 is 9.47 Å². The van der Waals surface area contributed by atoms with Gasteiger partial charge in [0.2, 0.25) is 0 Å². The van der Waals surface area contributed by atoms with Crippen molar-refractivity contribution >= 4 is 49.6 Å². The molecule has 11 aromatic rings. The zero-order valence-corrected chi connectivity index (χ0v) is 33.5. The summed E-state index contributed by atoms with van der Waals surface area (Å²) in [5, 5.41) is 4.98. The molecule has 2 heteroatoms. The van der Waals surface area contributed by atoms with Crippen LogP contribution in [0, 0.1) is 0 Å². The summed E-state index contributed by atoms with van der Waals surface area (Å²) in [5.74, 6) is 0. The number of hydrogen-bond acceptors (Lipinski definition) is 1. The van der Waals surface area contributed by atoms with Gasteiger partial charge in [0.15, 0.2) is 0 Å². The summed E-state index contributed by atoms with van der Waals surface area (Å²) in [5.41, 5.74) is 16.2. The topological polar surface area (TPSA) is 8.17 Å². The average Bonchev–Trinajstić information content (AvgIpc) is 3.83. The van der Waals surface area contributed by atoms with Gasteiger partial charge in [-0.25, -0.2) is 0 Å². The molecule has 0 atom stereocenters. The molecule has 1 aromatic heterocycles. The van der Waals surface area contributed by atoms with Crippen molar-refractivity contribution in [3.63, 3.8) is 0 Å². The number of benzene rings is 10. The first kappa shape index (κ1) is 35.0. The molecule has 10 aromatic carbocycles. The van der Waals surface area contributed by atoms with Crippen LogP contribution >= 0.6 is 0 Å². The van der Waals surface area contributed by atoms with E-state index >= 15 is 0 Å². The van der Waals surface area contributed by atoms with Gasteiger partial charge in [0, 0.05) is 33.4 Å². The highest BCUT2D eigenvalue weighted by molar-refractivity contribution is 6.11. The largest absolute Gasteiger partial charge is 0.310 e. The molecule has 61 heavy (non-hydrogen) atoms. The van der Waals surface area contributed by atoms with Crippen molar-refractivity contribution in [2.75, 3.05) is 4.90 Å². The van der Waals surface area contributed by atoms with Crippen LogP contribution in [-0.2, 0) is 5.41 Å². The molecule has 1 aliphatic rings. The fourth-order valence-electron chi connectivity index (χ4n) is 10.3. The van der Waals surface area contributed by atoms with E-state index in [1.54, 1.807) is 0 Å². The molecule has 0 fully saturated rings. The summed E-state index contributed by atoms with van der Waals surface area (Å²) < 4.78 is 2.41. The standard InChI is InChI=1S/C59H40N2/c1-5-19-41(20-6-1)48-28-15-17-31-55(48)60(47-34-36-51-50-30-16-18-32-56(50)61(57(51)40-47)45-26-11-4-12-27-45)46-35-37-52-54(39-46)59(43-22-7-2-8-23-43,44-24-9-3-10-25-44)53-38-33-42-21-13-14-29-49(42)58(52)53/h1-40H. The molecule has 0 N–H and O–H groups in total. The lowest BCUT2D eigenvalue weighted by atomic mass is 9.67. The molecule has 0 spiro atoms. The molecule has 1 heterocycles. The summed E-state index contributed by atoms with van der Waals surface area (Å²) in [6, 6.07) is 89.2. The second kappa shape index (κ2) is 14.1. The minimum Gasteiger partial charge on any atom is -0.310 e. The molecule has 2 nitrogen and oxygen atoms in total. The average molecular weight is 777 g/mol. The molecule has 0 aliphatic heterocycles. The number of hydrogen-bond donors (Lipinski definition) is 0.